The molecule has 0 aliphatic heterocycles. The van der Waals surface area contributed by atoms with Crippen LogP contribution in [-0.2, 0) is 4.57 Å². The second kappa shape index (κ2) is 25.0. The van der Waals surface area contributed by atoms with Gasteiger partial charge in [-0.1, -0.05) is 165 Å². The maximum absolute atomic E-state index is 14.0. The largest absolute Gasteiger partial charge is 0.289 e. The van der Waals surface area contributed by atoms with E-state index < -0.39 is 4.75 Å². The average molecular weight is 539 g/mol. The van der Waals surface area contributed by atoms with Crippen molar-refractivity contribution in [3.05, 3.63) is 0 Å². The Labute approximate surface area is 221 Å². The van der Waals surface area contributed by atoms with Gasteiger partial charge in [-0.3, -0.25) is 4.57 Å². The molecule has 0 N–H and O–H groups in total. The minimum Gasteiger partial charge on any atom is -0.289 e. The van der Waals surface area contributed by atoms with Crippen LogP contribution in [0.4, 0.5) is 0 Å². The van der Waals surface area contributed by atoms with Crippen LogP contribution in [0.5, 0.6) is 0 Å². The molecular weight excluding hydrogens is 479 g/mol. The normalized spacial score (nSPS) is 15.4. The maximum atomic E-state index is 14.0. The molecule has 0 aromatic heterocycles. The molecule has 0 amide bonds. The summed E-state index contributed by atoms with van der Waals surface area (Å²) in [5, 5.41) is 0. The highest BCUT2D eigenvalue weighted by Crippen LogP contribution is 2.78. The predicted molar refractivity (Wildman–Crippen MR) is 163 cm³/mol. The summed E-state index contributed by atoms with van der Waals surface area (Å²) in [6.07, 6.45) is 24.0. The fraction of sp³-hybridized carbons (Fsp3) is 1.00. The van der Waals surface area contributed by atoms with E-state index in [1.807, 2.05) is 34.1 Å². The summed E-state index contributed by atoms with van der Waals surface area (Å²) in [4.78, 5) is 0. The van der Waals surface area contributed by atoms with E-state index in [9.17, 15) is 4.57 Å². The lowest BCUT2D eigenvalue weighted by Gasteiger charge is -2.22. The maximum Gasteiger partial charge on any atom is 0.243 e. The molecule has 0 aromatic carbocycles. The Morgan fingerprint density at radius 1 is 0.515 bits per heavy atom. The molecule has 2 atom stereocenters. The summed E-state index contributed by atoms with van der Waals surface area (Å²) in [7, 11) is 0. The second-order valence-corrected chi connectivity index (χ2v) is 21.7. The Bertz CT molecular complexity index is 423. The third kappa shape index (κ3) is 21.1. The van der Waals surface area contributed by atoms with Gasteiger partial charge in [-0.05, 0) is 31.1 Å². The molecular formula is C28H59OPS3. The SMILES string of the molecule is CCCCCCCCCCCCSP(=O)(SCC(CC)CCCC)SCC(CC)CCCC. The lowest BCUT2D eigenvalue weighted by Crippen LogP contribution is -2.03. The van der Waals surface area contributed by atoms with Crippen molar-refractivity contribution in [1.82, 2.24) is 0 Å². The monoisotopic (exact) mass is 538 g/mol. The summed E-state index contributed by atoms with van der Waals surface area (Å²) in [5.74, 6) is 4.76. The van der Waals surface area contributed by atoms with E-state index in [4.69, 9.17) is 0 Å². The van der Waals surface area contributed by atoms with Gasteiger partial charge < -0.3 is 0 Å². The summed E-state index contributed by atoms with van der Waals surface area (Å²) >= 11 is 5.53. The molecule has 0 aliphatic carbocycles. The molecule has 0 spiro atoms. The van der Waals surface area contributed by atoms with Gasteiger partial charge in [0.05, 0.1) is 0 Å². The molecule has 1 nitrogen and oxygen atoms in total. The Hall–Kier alpha value is 1.28. The van der Waals surface area contributed by atoms with Crippen molar-refractivity contribution in [3.8, 4) is 0 Å². The van der Waals surface area contributed by atoms with Crippen LogP contribution < -0.4 is 0 Å². The van der Waals surface area contributed by atoms with Crippen molar-refractivity contribution in [3.63, 3.8) is 0 Å². The van der Waals surface area contributed by atoms with E-state index in [0.717, 1.165) is 29.1 Å². The van der Waals surface area contributed by atoms with Crippen LogP contribution in [0.25, 0.3) is 0 Å². The van der Waals surface area contributed by atoms with Crippen LogP contribution in [0.2, 0.25) is 0 Å². The van der Waals surface area contributed by atoms with E-state index >= 15 is 0 Å². The van der Waals surface area contributed by atoms with Gasteiger partial charge in [-0.2, -0.15) is 0 Å². The molecule has 0 heterocycles. The molecule has 0 bridgehead atoms. The van der Waals surface area contributed by atoms with Crippen molar-refractivity contribution < 1.29 is 4.57 Å². The molecule has 0 saturated carbocycles. The van der Waals surface area contributed by atoms with Gasteiger partial charge in [-0.25, -0.2) is 0 Å². The van der Waals surface area contributed by atoms with Crippen LogP contribution >= 0.6 is 38.9 Å². The quantitative estimate of drug-likeness (QED) is 0.0804. The topological polar surface area (TPSA) is 17.1 Å². The summed E-state index contributed by atoms with van der Waals surface area (Å²) in [5.41, 5.74) is 0. The van der Waals surface area contributed by atoms with Crippen LogP contribution in [0, 0.1) is 11.8 Å². The van der Waals surface area contributed by atoms with Crippen molar-refractivity contribution in [2.75, 3.05) is 17.3 Å². The molecule has 0 rings (SSSR count). The van der Waals surface area contributed by atoms with E-state index in [2.05, 4.69) is 34.6 Å². The Kier molecular flexibility index (Phi) is 25.9. The number of rotatable bonds is 26. The zero-order valence-corrected chi connectivity index (χ0v) is 26.4. The van der Waals surface area contributed by atoms with Crippen LogP contribution in [0.1, 0.15) is 150 Å². The van der Waals surface area contributed by atoms with Crippen LogP contribution in [-0.4, -0.2) is 17.3 Å². The highest BCUT2D eigenvalue weighted by Gasteiger charge is 2.27. The molecule has 0 radical (unpaired) electrons. The lowest BCUT2D eigenvalue weighted by atomic mass is 10.0. The Morgan fingerprint density at radius 3 is 1.30 bits per heavy atom. The minimum absolute atomic E-state index is 0.740. The average Bonchev–Trinajstić information content (AvgIpc) is 2.83. The van der Waals surface area contributed by atoms with E-state index in [0.29, 0.717) is 0 Å². The first-order valence-electron chi connectivity index (χ1n) is 14.6. The molecule has 33 heavy (non-hydrogen) atoms. The van der Waals surface area contributed by atoms with Gasteiger partial charge in [-0.15, -0.1) is 0 Å². The molecule has 200 valence electrons. The second-order valence-electron chi connectivity index (χ2n) is 9.89. The number of hydrogen-bond donors (Lipinski definition) is 0. The molecule has 0 aromatic rings. The van der Waals surface area contributed by atoms with Crippen LogP contribution in [0.3, 0.4) is 0 Å². The number of unbranched alkanes of at least 4 members (excludes halogenated alkanes) is 11. The highest BCUT2D eigenvalue weighted by molar-refractivity contribution is 9.14. The van der Waals surface area contributed by atoms with Crippen molar-refractivity contribution in [1.29, 1.82) is 0 Å². The van der Waals surface area contributed by atoms with E-state index in [-0.39, 0.29) is 0 Å². The fourth-order valence-corrected chi connectivity index (χ4v) is 16.1. The predicted octanol–water partition coefficient (Wildman–Crippen LogP) is 12.6. The third-order valence-electron chi connectivity index (χ3n) is 6.77. The molecule has 0 aliphatic rings. The fourth-order valence-electron chi connectivity index (χ4n) is 4.07. The van der Waals surface area contributed by atoms with Crippen molar-refractivity contribution >= 4 is 38.9 Å². The van der Waals surface area contributed by atoms with E-state index in [1.165, 1.54) is 116 Å². The zero-order valence-electron chi connectivity index (χ0n) is 23.1. The van der Waals surface area contributed by atoms with Gasteiger partial charge >= 0.3 is 0 Å². The first-order valence-corrected chi connectivity index (χ1v) is 21.1. The Balaban J connectivity index is 4.41. The van der Waals surface area contributed by atoms with Gasteiger partial charge in [0.15, 0.2) is 0 Å². The summed E-state index contributed by atoms with van der Waals surface area (Å²) in [6.45, 7) is 11.5. The molecule has 5 heteroatoms. The third-order valence-corrected chi connectivity index (χ3v) is 19.4. The smallest absolute Gasteiger partial charge is 0.243 e. The summed E-state index contributed by atoms with van der Waals surface area (Å²) < 4.78 is 11.7. The molecule has 0 fully saturated rings. The number of hydrogen-bond acceptors (Lipinski definition) is 4. The van der Waals surface area contributed by atoms with Crippen molar-refractivity contribution in [2.24, 2.45) is 11.8 Å². The van der Waals surface area contributed by atoms with E-state index in [1.54, 1.807) is 0 Å². The van der Waals surface area contributed by atoms with Gasteiger partial charge in [0.25, 0.3) is 0 Å². The van der Waals surface area contributed by atoms with Gasteiger partial charge in [0.2, 0.25) is 4.75 Å². The van der Waals surface area contributed by atoms with Gasteiger partial charge in [0.1, 0.15) is 0 Å². The molecule has 2 unspecified atom stereocenters. The Morgan fingerprint density at radius 2 is 0.909 bits per heavy atom. The van der Waals surface area contributed by atoms with Crippen molar-refractivity contribution in [2.45, 2.75) is 150 Å². The first-order chi connectivity index (χ1) is 16.0. The lowest BCUT2D eigenvalue weighted by molar-refractivity contribution is 0.499. The summed E-state index contributed by atoms with van der Waals surface area (Å²) in [6, 6.07) is 0. The standard InChI is InChI=1S/C28H59OPS3/c1-6-11-14-15-16-17-18-19-20-21-24-31-30(29,32-25-27(9-4)22-12-7-2)33-26-28(10-5)23-13-8-3/h27-28H,6-26H2,1-5H3. The van der Waals surface area contributed by atoms with Crippen LogP contribution in [0.15, 0.2) is 0 Å². The highest BCUT2D eigenvalue weighted by atomic mass is 33.4. The zero-order chi connectivity index (χ0) is 24.6. The minimum atomic E-state index is -2.24. The first kappa shape index (κ1) is 34.3. The van der Waals surface area contributed by atoms with Gasteiger partial charge in [0, 0.05) is 17.3 Å². The molecule has 0 saturated heterocycles.